The monoisotopic (exact) mass is 282 g/mol. The summed E-state index contributed by atoms with van der Waals surface area (Å²) in [5.41, 5.74) is 2.71. The van der Waals surface area contributed by atoms with Crippen molar-refractivity contribution in [2.45, 2.75) is 6.04 Å². The van der Waals surface area contributed by atoms with Crippen LogP contribution in [0.15, 0.2) is 60.7 Å². The van der Waals surface area contributed by atoms with Crippen LogP contribution in [0.4, 0.5) is 0 Å². The highest BCUT2D eigenvalue weighted by atomic mass is 16.7. The van der Waals surface area contributed by atoms with E-state index in [0.717, 1.165) is 26.2 Å². The van der Waals surface area contributed by atoms with Crippen molar-refractivity contribution in [3.05, 3.63) is 71.8 Å². The molecule has 0 spiro atoms. The summed E-state index contributed by atoms with van der Waals surface area (Å²) in [4.78, 5) is 7.88. The molecule has 3 rings (SSSR count). The molecule has 1 saturated heterocycles. The number of nitrogens with zero attached hydrogens (tertiary/aromatic N) is 2. The lowest BCUT2D eigenvalue weighted by Gasteiger charge is -2.38. The summed E-state index contributed by atoms with van der Waals surface area (Å²) in [6, 6.07) is 21.9. The van der Waals surface area contributed by atoms with Crippen molar-refractivity contribution in [1.29, 1.82) is 0 Å². The molecule has 0 bridgehead atoms. The van der Waals surface area contributed by atoms with Crippen LogP contribution >= 0.6 is 0 Å². The van der Waals surface area contributed by atoms with Crippen LogP contribution in [-0.4, -0.2) is 43.3 Å². The first-order valence-corrected chi connectivity index (χ1v) is 7.51. The molecular formula is C18H22N2O. The standard InChI is InChI=1S/C18H22N2O/c1-21-20-14-12-19(13-15-20)18(16-8-4-2-5-9-16)17-10-6-3-7-11-17/h2-11,18H,12-15H2,1H3. The van der Waals surface area contributed by atoms with Gasteiger partial charge in [-0.05, 0) is 11.1 Å². The molecule has 0 aliphatic carbocycles. The van der Waals surface area contributed by atoms with Crippen molar-refractivity contribution in [3.8, 4) is 0 Å². The van der Waals surface area contributed by atoms with Crippen LogP contribution in [0.5, 0.6) is 0 Å². The first kappa shape index (κ1) is 14.3. The van der Waals surface area contributed by atoms with Gasteiger partial charge in [-0.3, -0.25) is 4.90 Å². The minimum atomic E-state index is 0.325. The van der Waals surface area contributed by atoms with Gasteiger partial charge < -0.3 is 4.84 Å². The maximum Gasteiger partial charge on any atom is 0.0602 e. The van der Waals surface area contributed by atoms with Gasteiger partial charge in [0.25, 0.3) is 0 Å². The first-order chi connectivity index (χ1) is 10.4. The van der Waals surface area contributed by atoms with Crippen molar-refractivity contribution in [3.63, 3.8) is 0 Å². The molecule has 1 aliphatic rings. The fourth-order valence-electron chi connectivity index (χ4n) is 3.03. The third-order valence-electron chi connectivity index (χ3n) is 4.13. The van der Waals surface area contributed by atoms with Gasteiger partial charge in [-0.1, -0.05) is 60.7 Å². The summed E-state index contributed by atoms with van der Waals surface area (Å²) < 4.78 is 0. The van der Waals surface area contributed by atoms with Gasteiger partial charge in [0.05, 0.1) is 13.2 Å². The number of hydrogen-bond donors (Lipinski definition) is 0. The van der Waals surface area contributed by atoms with E-state index >= 15 is 0 Å². The largest absolute Gasteiger partial charge is 0.302 e. The first-order valence-electron chi connectivity index (χ1n) is 7.51. The van der Waals surface area contributed by atoms with E-state index in [9.17, 15) is 0 Å². The van der Waals surface area contributed by atoms with Crippen LogP contribution in [0.1, 0.15) is 17.2 Å². The van der Waals surface area contributed by atoms with Gasteiger partial charge in [0.1, 0.15) is 0 Å². The molecule has 0 unspecified atom stereocenters. The zero-order chi connectivity index (χ0) is 14.5. The SMILES string of the molecule is CON1CCN(C(c2ccccc2)c2ccccc2)CC1. The minimum Gasteiger partial charge on any atom is -0.302 e. The molecule has 110 valence electrons. The Morgan fingerprint density at radius 1 is 0.762 bits per heavy atom. The number of rotatable bonds is 4. The molecule has 0 atom stereocenters. The lowest BCUT2D eigenvalue weighted by molar-refractivity contribution is -0.154. The Labute approximate surface area is 126 Å². The van der Waals surface area contributed by atoms with E-state index in [-0.39, 0.29) is 0 Å². The normalized spacial score (nSPS) is 17.2. The second-order valence-corrected chi connectivity index (χ2v) is 5.37. The maximum atomic E-state index is 5.34. The molecule has 3 nitrogen and oxygen atoms in total. The van der Waals surface area contributed by atoms with E-state index < -0.39 is 0 Å². The number of hydroxylamine groups is 2. The zero-order valence-electron chi connectivity index (χ0n) is 12.5. The summed E-state index contributed by atoms with van der Waals surface area (Å²) in [6.07, 6.45) is 0. The molecule has 3 heteroatoms. The highest BCUT2D eigenvalue weighted by Gasteiger charge is 2.26. The molecule has 1 aliphatic heterocycles. The van der Waals surface area contributed by atoms with Crippen LogP contribution in [-0.2, 0) is 4.84 Å². The summed E-state index contributed by atoms with van der Waals surface area (Å²) in [5, 5.41) is 2.03. The van der Waals surface area contributed by atoms with Crippen molar-refractivity contribution in [1.82, 2.24) is 9.96 Å². The molecule has 1 heterocycles. The summed E-state index contributed by atoms with van der Waals surface area (Å²) in [5.74, 6) is 0. The molecule has 1 fully saturated rings. The van der Waals surface area contributed by atoms with Crippen LogP contribution in [0.3, 0.4) is 0 Å². The van der Waals surface area contributed by atoms with Gasteiger partial charge in [0.15, 0.2) is 0 Å². The quantitative estimate of drug-likeness (QED) is 0.857. The molecule has 2 aromatic rings. The molecule has 2 aromatic carbocycles. The van der Waals surface area contributed by atoms with E-state index in [0.29, 0.717) is 6.04 Å². The second kappa shape index (κ2) is 6.85. The Morgan fingerprint density at radius 3 is 1.67 bits per heavy atom. The van der Waals surface area contributed by atoms with Gasteiger partial charge in [0, 0.05) is 26.2 Å². The molecule has 0 radical (unpaired) electrons. The average molecular weight is 282 g/mol. The van der Waals surface area contributed by atoms with Crippen LogP contribution < -0.4 is 0 Å². The van der Waals surface area contributed by atoms with E-state index in [4.69, 9.17) is 4.84 Å². The zero-order valence-corrected chi connectivity index (χ0v) is 12.5. The molecule has 0 aromatic heterocycles. The van der Waals surface area contributed by atoms with Crippen molar-refractivity contribution >= 4 is 0 Å². The third-order valence-corrected chi connectivity index (χ3v) is 4.13. The summed E-state index contributed by atoms with van der Waals surface area (Å²) in [7, 11) is 1.75. The number of benzene rings is 2. The third kappa shape index (κ3) is 3.32. The number of hydrogen-bond acceptors (Lipinski definition) is 3. The van der Waals surface area contributed by atoms with E-state index in [1.54, 1.807) is 7.11 Å². The second-order valence-electron chi connectivity index (χ2n) is 5.37. The van der Waals surface area contributed by atoms with Crippen LogP contribution in [0, 0.1) is 0 Å². The highest BCUT2D eigenvalue weighted by Crippen LogP contribution is 2.29. The Bertz CT molecular complexity index is 496. The lowest BCUT2D eigenvalue weighted by Crippen LogP contribution is -2.47. The van der Waals surface area contributed by atoms with Gasteiger partial charge in [-0.2, -0.15) is 5.06 Å². The summed E-state index contributed by atoms with van der Waals surface area (Å²) in [6.45, 7) is 3.93. The van der Waals surface area contributed by atoms with Crippen molar-refractivity contribution < 1.29 is 4.84 Å². The lowest BCUT2D eigenvalue weighted by atomic mass is 9.96. The predicted octanol–water partition coefficient (Wildman–Crippen LogP) is 2.96. The minimum absolute atomic E-state index is 0.325. The van der Waals surface area contributed by atoms with Gasteiger partial charge >= 0.3 is 0 Å². The van der Waals surface area contributed by atoms with E-state index in [1.165, 1.54) is 11.1 Å². The predicted molar refractivity (Wildman–Crippen MR) is 84.9 cm³/mol. The Balaban J connectivity index is 1.87. The molecular weight excluding hydrogens is 260 g/mol. The highest BCUT2D eigenvalue weighted by molar-refractivity contribution is 5.31. The van der Waals surface area contributed by atoms with Crippen LogP contribution in [0.25, 0.3) is 0 Å². The molecule has 0 N–H and O–H groups in total. The van der Waals surface area contributed by atoms with Gasteiger partial charge in [-0.15, -0.1) is 0 Å². The van der Waals surface area contributed by atoms with E-state index in [1.807, 2.05) is 5.06 Å². The maximum absolute atomic E-state index is 5.34. The molecule has 0 saturated carbocycles. The van der Waals surface area contributed by atoms with Crippen LogP contribution in [0.2, 0.25) is 0 Å². The molecule has 0 amide bonds. The van der Waals surface area contributed by atoms with Gasteiger partial charge in [-0.25, -0.2) is 0 Å². The average Bonchev–Trinajstić information content (AvgIpc) is 2.58. The topological polar surface area (TPSA) is 15.7 Å². The Kier molecular flexibility index (Phi) is 4.65. The Morgan fingerprint density at radius 2 is 1.24 bits per heavy atom. The fourth-order valence-corrected chi connectivity index (χ4v) is 3.03. The fraction of sp³-hybridized carbons (Fsp3) is 0.333. The smallest absolute Gasteiger partial charge is 0.0602 e. The number of piperazine rings is 1. The summed E-state index contributed by atoms with van der Waals surface area (Å²) >= 11 is 0. The van der Waals surface area contributed by atoms with Crippen molar-refractivity contribution in [2.75, 3.05) is 33.3 Å². The van der Waals surface area contributed by atoms with E-state index in [2.05, 4.69) is 65.6 Å². The van der Waals surface area contributed by atoms with Crippen molar-refractivity contribution in [2.24, 2.45) is 0 Å². The Hall–Kier alpha value is -1.68. The van der Waals surface area contributed by atoms with Gasteiger partial charge in [0.2, 0.25) is 0 Å². The molecule has 21 heavy (non-hydrogen) atoms.